The molecule has 2 heterocycles. The van der Waals surface area contributed by atoms with Crippen LogP contribution in [-0.4, -0.2) is 28.8 Å². The average Bonchev–Trinajstić information content (AvgIpc) is 2.86. The van der Waals surface area contributed by atoms with Crippen LogP contribution in [0.15, 0.2) is 12.5 Å². The van der Waals surface area contributed by atoms with Gasteiger partial charge in [0.15, 0.2) is 0 Å². The molecule has 0 amide bonds. The van der Waals surface area contributed by atoms with Gasteiger partial charge in [-0.25, -0.2) is 4.98 Å². The van der Waals surface area contributed by atoms with Crippen LogP contribution in [0.2, 0.25) is 0 Å². The molecule has 0 aromatic carbocycles. The molecule has 0 aliphatic carbocycles. The third-order valence-electron chi connectivity index (χ3n) is 3.30. The molecule has 17 heavy (non-hydrogen) atoms. The molecule has 2 atom stereocenters. The lowest BCUT2D eigenvalue weighted by Gasteiger charge is -2.19. The van der Waals surface area contributed by atoms with E-state index in [-0.39, 0.29) is 0 Å². The quantitative estimate of drug-likeness (QED) is 0.851. The van der Waals surface area contributed by atoms with Crippen LogP contribution in [0.3, 0.4) is 0 Å². The molecule has 4 heteroatoms. The Bertz CT molecular complexity index is 348. The van der Waals surface area contributed by atoms with Crippen molar-refractivity contribution in [2.45, 2.75) is 45.9 Å². The highest BCUT2D eigenvalue weighted by Gasteiger charge is 2.26. The van der Waals surface area contributed by atoms with Crippen molar-refractivity contribution < 1.29 is 4.74 Å². The number of rotatable bonds is 5. The molecule has 0 bridgehead atoms. The zero-order valence-electron chi connectivity index (χ0n) is 11.0. The Labute approximate surface area is 103 Å². The first-order valence-corrected chi connectivity index (χ1v) is 6.51. The molecule has 0 radical (unpaired) electrons. The molecule has 2 rings (SSSR count). The summed E-state index contributed by atoms with van der Waals surface area (Å²) in [5.74, 6) is 0.681. The van der Waals surface area contributed by atoms with Crippen LogP contribution in [-0.2, 0) is 11.3 Å². The summed E-state index contributed by atoms with van der Waals surface area (Å²) >= 11 is 0. The fourth-order valence-electron chi connectivity index (χ4n) is 2.34. The minimum absolute atomic E-state index is 0.299. The van der Waals surface area contributed by atoms with Gasteiger partial charge in [-0.1, -0.05) is 13.8 Å². The molecule has 1 saturated heterocycles. The first-order valence-electron chi connectivity index (χ1n) is 6.51. The predicted octanol–water partition coefficient (Wildman–Crippen LogP) is 1.98. The Kier molecular flexibility index (Phi) is 4.18. The summed E-state index contributed by atoms with van der Waals surface area (Å²) in [4.78, 5) is 4.27. The van der Waals surface area contributed by atoms with Crippen LogP contribution >= 0.6 is 0 Å². The minimum Gasteiger partial charge on any atom is -0.376 e. The normalized spacial score (nSPS) is 24.7. The highest BCUT2D eigenvalue weighted by molar-refractivity contribution is 5.02. The minimum atomic E-state index is 0.299. The van der Waals surface area contributed by atoms with Crippen LogP contribution < -0.4 is 5.32 Å². The van der Waals surface area contributed by atoms with Gasteiger partial charge in [0.1, 0.15) is 0 Å². The van der Waals surface area contributed by atoms with Crippen molar-refractivity contribution in [1.29, 1.82) is 0 Å². The average molecular weight is 237 g/mol. The maximum Gasteiger partial charge on any atom is 0.0952 e. The number of hydrogen-bond donors (Lipinski definition) is 1. The molecule has 1 aromatic rings. The second kappa shape index (κ2) is 5.65. The van der Waals surface area contributed by atoms with E-state index in [9.17, 15) is 0 Å². The van der Waals surface area contributed by atoms with Crippen LogP contribution in [0.4, 0.5) is 0 Å². The zero-order chi connectivity index (χ0) is 12.3. The van der Waals surface area contributed by atoms with Crippen molar-refractivity contribution in [2.75, 3.05) is 13.2 Å². The second-order valence-electron chi connectivity index (χ2n) is 5.25. The summed E-state index contributed by atoms with van der Waals surface area (Å²) in [6, 6.07) is 0.452. The first kappa shape index (κ1) is 12.6. The molecule has 1 N–H and O–H groups in total. The smallest absolute Gasteiger partial charge is 0.0952 e. The Morgan fingerprint density at radius 3 is 3.06 bits per heavy atom. The number of ether oxygens (including phenoxy) is 1. The fraction of sp³-hybridized carbons (Fsp3) is 0.769. The molecule has 0 spiro atoms. The molecule has 1 aliphatic rings. The molecule has 2 unspecified atom stereocenters. The Morgan fingerprint density at radius 2 is 2.41 bits per heavy atom. The third kappa shape index (κ3) is 3.07. The van der Waals surface area contributed by atoms with E-state index in [1.165, 1.54) is 5.69 Å². The number of hydrogen-bond acceptors (Lipinski definition) is 3. The Hall–Kier alpha value is -0.870. The number of aromatic nitrogens is 2. The summed E-state index contributed by atoms with van der Waals surface area (Å²) in [5.41, 5.74) is 1.26. The van der Waals surface area contributed by atoms with Crippen LogP contribution in [0.25, 0.3) is 0 Å². The third-order valence-corrected chi connectivity index (χ3v) is 3.30. The standard InChI is InChI=1S/C13H23N3O/c1-10(2)6-14-7-12-8-15-9-16(12)13-4-5-17-11(13)3/h8-11,13-14H,4-7H2,1-3H3. The van der Waals surface area contributed by atoms with E-state index in [0.29, 0.717) is 18.1 Å². The van der Waals surface area contributed by atoms with Crippen molar-refractivity contribution >= 4 is 0 Å². The van der Waals surface area contributed by atoms with Crippen LogP contribution in [0, 0.1) is 5.92 Å². The van der Waals surface area contributed by atoms with E-state index in [2.05, 4.69) is 35.6 Å². The highest BCUT2D eigenvalue weighted by atomic mass is 16.5. The van der Waals surface area contributed by atoms with E-state index in [1.54, 1.807) is 0 Å². The van der Waals surface area contributed by atoms with Crippen molar-refractivity contribution in [3.63, 3.8) is 0 Å². The lowest BCUT2D eigenvalue weighted by Crippen LogP contribution is -2.24. The van der Waals surface area contributed by atoms with Crippen LogP contribution in [0.1, 0.15) is 38.9 Å². The molecule has 0 saturated carbocycles. The van der Waals surface area contributed by atoms with Gasteiger partial charge >= 0.3 is 0 Å². The summed E-state index contributed by atoms with van der Waals surface area (Å²) < 4.78 is 7.89. The molecular weight excluding hydrogens is 214 g/mol. The van der Waals surface area contributed by atoms with Crippen LogP contribution in [0.5, 0.6) is 0 Å². The van der Waals surface area contributed by atoms with Gasteiger partial charge in [0.05, 0.1) is 24.2 Å². The van der Waals surface area contributed by atoms with Gasteiger partial charge in [-0.3, -0.25) is 0 Å². The number of imidazole rings is 1. The maximum atomic E-state index is 5.62. The van der Waals surface area contributed by atoms with Gasteiger partial charge in [-0.2, -0.15) is 0 Å². The van der Waals surface area contributed by atoms with E-state index >= 15 is 0 Å². The highest BCUT2D eigenvalue weighted by Crippen LogP contribution is 2.26. The second-order valence-corrected chi connectivity index (χ2v) is 5.25. The fourth-order valence-corrected chi connectivity index (χ4v) is 2.34. The first-order chi connectivity index (χ1) is 8.18. The van der Waals surface area contributed by atoms with Crippen molar-refractivity contribution in [1.82, 2.24) is 14.9 Å². The van der Waals surface area contributed by atoms with E-state index in [0.717, 1.165) is 26.1 Å². The van der Waals surface area contributed by atoms with Gasteiger partial charge < -0.3 is 14.6 Å². The van der Waals surface area contributed by atoms with Gasteiger partial charge in [-0.15, -0.1) is 0 Å². The number of nitrogens with one attached hydrogen (secondary N) is 1. The summed E-state index contributed by atoms with van der Waals surface area (Å²) in [6.45, 7) is 9.38. The monoisotopic (exact) mass is 237 g/mol. The Balaban J connectivity index is 1.96. The topological polar surface area (TPSA) is 39.1 Å². The Morgan fingerprint density at radius 1 is 1.59 bits per heavy atom. The lowest BCUT2D eigenvalue weighted by molar-refractivity contribution is 0.107. The zero-order valence-corrected chi connectivity index (χ0v) is 11.0. The molecular formula is C13H23N3O. The van der Waals surface area contributed by atoms with Gasteiger partial charge in [-0.05, 0) is 25.8 Å². The van der Waals surface area contributed by atoms with E-state index < -0.39 is 0 Å². The molecule has 96 valence electrons. The molecule has 1 fully saturated rings. The van der Waals surface area contributed by atoms with Gasteiger partial charge in [0.25, 0.3) is 0 Å². The predicted molar refractivity (Wildman–Crippen MR) is 67.8 cm³/mol. The SMILES string of the molecule is CC(C)CNCc1cncn1C1CCOC1C. The largest absolute Gasteiger partial charge is 0.376 e. The number of nitrogens with zero attached hydrogens (tertiary/aromatic N) is 2. The lowest BCUT2D eigenvalue weighted by atomic mass is 10.1. The molecule has 4 nitrogen and oxygen atoms in total. The molecule has 1 aliphatic heterocycles. The summed E-state index contributed by atoms with van der Waals surface area (Å²) in [5, 5.41) is 3.46. The van der Waals surface area contributed by atoms with Crippen molar-refractivity contribution in [3.8, 4) is 0 Å². The molecule has 1 aromatic heterocycles. The maximum absolute atomic E-state index is 5.62. The van der Waals surface area contributed by atoms with Gasteiger partial charge in [0.2, 0.25) is 0 Å². The van der Waals surface area contributed by atoms with E-state index in [1.807, 2.05) is 12.5 Å². The van der Waals surface area contributed by atoms with Crippen molar-refractivity contribution in [2.24, 2.45) is 5.92 Å². The van der Waals surface area contributed by atoms with Gasteiger partial charge in [0, 0.05) is 19.3 Å². The summed E-state index contributed by atoms with van der Waals surface area (Å²) in [7, 11) is 0. The summed E-state index contributed by atoms with van der Waals surface area (Å²) in [6.07, 6.45) is 5.28. The van der Waals surface area contributed by atoms with Crippen molar-refractivity contribution in [3.05, 3.63) is 18.2 Å². The van der Waals surface area contributed by atoms with E-state index in [4.69, 9.17) is 4.74 Å².